The highest BCUT2D eigenvalue weighted by molar-refractivity contribution is 6.07. The van der Waals surface area contributed by atoms with Crippen LogP contribution in [0.25, 0.3) is 0 Å². The molecule has 1 heterocycles. The van der Waals surface area contributed by atoms with E-state index in [1.807, 2.05) is 86.6 Å². The second-order valence-electron chi connectivity index (χ2n) is 8.87. The highest BCUT2D eigenvalue weighted by Crippen LogP contribution is 2.24. The number of anilines is 1. The van der Waals surface area contributed by atoms with E-state index in [2.05, 4.69) is 12.1 Å². The van der Waals surface area contributed by atoms with E-state index in [1.54, 1.807) is 23.1 Å². The molecular formula is C30H30N2O3. The van der Waals surface area contributed by atoms with E-state index in [0.717, 1.165) is 28.1 Å². The first-order valence-corrected chi connectivity index (χ1v) is 11.7. The third kappa shape index (κ3) is 6.07. The van der Waals surface area contributed by atoms with Gasteiger partial charge < -0.3 is 14.2 Å². The van der Waals surface area contributed by atoms with Crippen LogP contribution >= 0.6 is 0 Å². The van der Waals surface area contributed by atoms with Crippen molar-refractivity contribution in [2.24, 2.45) is 0 Å². The van der Waals surface area contributed by atoms with Crippen molar-refractivity contribution >= 4 is 17.5 Å². The van der Waals surface area contributed by atoms with Crippen LogP contribution in [-0.2, 0) is 24.3 Å². The minimum Gasteiger partial charge on any atom is -0.467 e. The molecule has 0 aliphatic rings. The average Bonchev–Trinajstić information content (AvgIpc) is 3.37. The van der Waals surface area contributed by atoms with Crippen molar-refractivity contribution in [3.8, 4) is 0 Å². The Hall–Kier alpha value is -4.12. The van der Waals surface area contributed by atoms with Gasteiger partial charge in [0.25, 0.3) is 5.91 Å². The molecule has 0 aliphatic heterocycles. The van der Waals surface area contributed by atoms with E-state index in [4.69, 9.17) is 4.42 Å². The third-order valence-electron chi connectivity index (χ3n) is 6.06. The molecule has 0 saturated carbocycles. The fourth-order valence-corrected chi connectivity index (χ4v) is 3.98. The van der Waals surface area contributed by atoms with Gasteiger partial charge in [-0.05, 0) is 60.9 Å². The summed E-state index contributed by atoms with van der Waals surface area (Å²) >= 11 is 0. The molecule has 35 heavy (non-hydrogen) atoms. The fraction of sp³-hybridized carbons (Fsp3) is 0.200. The lowest BCUT2D eigenvalue weighted by atomic mass is 10.0. The summed E-state index contributed by atoms with van der Waals surface area (Å²) in [6.45, 7) is 4.84. The summed E-state index contributed by atoms with van der Waals surface area (Å²) in [5.41, 5.74) is 5.42. The molecule has 0 fully saturated rings. The summed E-state index contributed by atoms with van der Waals surface area (Å²) in [7, 11) is 1.76. The van der Waals surface area contributed by atoms with Crippen molar-refractivity contribution < 1.29 is 14.0 Å². The van der Waals surface area contributed by atoms with Gasteiger partial charge in [-0.25, -0.2) is 0 Å². The maximum absolute atomic E-state index is 13.7. The van der Waals surface area contributed by atoms with Crippen LogP contribution < -0.4 is 4.90 Å². The molecule has 0 radical (unpaired) electrons. The molecule has 0 atom stereocenters. The highest BCUT2D eigenvalue weighted by atomic mass is 16.3. The third-order valence-corrected chi connectivity index (χ3v) is 6.06. The Labute approximate surface area is 206 Å². The van der Waals surface area contributed by atoms with E-state index < -0.39 is 0 Å². The molecule has 5 heteroatoms. The molecule has 178 valence electrons. The maximum Gasteiger partial charge on any atom is 0.258 e. The summed E-state index contributed by atoms with van der Waals surface area (Å²) in [6, 6.07) is 27.2. The van der Waals surface area contributed by atoms with Crippen LogP contribution in [0, 0.1) is 13.8 Å². The number of carbonyl (C=O) groups excluding carboxylic acids is 2. The van der Waals surface area contributed by atoms with Crippen LogP contribution in [0.1, 0.15) is 38.4 Å². The van der Waals surface area contributed by atoms with Gasteiger partial charge in [0.2, 0.25) is 5.91 Å². The van der Waals surface area contributed by atoms with E-state index in [-0.39, 0.29) is 18.2 Å². The number of hydrogen-bond donors (Lipinski definition) is 0. The van der Waals surface area contributed by atoms with Crippen LogP contribution in [0.4, 0.5) is 5.69 Å². The lowest BCUT2D eigenvalue weighted by Crippen LogP contribution is -2.31. The van der Waals surface area contributed by atoms with Gasteiger partial charge in [-0.3, -0.25) is 9.59 Å². The quantitative estimate of drug-likeness (QED) is 0.323. The van der Waals surface area contributed by atoms with Crippen LogP contribution in [-0.4, -0.2) is 23.8 Å². The number of furan rings is 1. The highest BCUT2D eigenvalue weighted by Gasteiger charge is 2.21. The monoisotopic (exact) mass is 466 g/mol. The first-order chi connectivity index (χ1) is 16.9. The Balaban J connectivity index is 1.59. The molecule has 0 spiro atoms. The summed E-state index contributed by atoms with van der Waals surface area (Å²) in [5, 5.41) is 0. The second-order valence-corrected chi connectivity index (χ2v) is 8.87. The topological polar surface area (TPSA) is 53.8 Å². The number of nitrogens with zero attached hydrogens (tertiary/aromatic N) is 2. The number of hydrogen-bond acceptors (Lipinski definition) is 3. The first kappa shape index (κ1) is 24.0. The number of carbonyl (C=O) groups is 2. The molecule has 3 aromatic carbocycles. The van der Waals surface area contributed by atoms with Gasteiger partial charge in [-0.15, -0.1) is 0 Å². The Kier molecular flexibility index (Phi) is 7.46. The average molecular weight is 467 g/mol. The molecule has 4 aromatic rings. The minimum atomic E-state index is -0.0675. The van der Waals surface area contributed by atoms with Crippen LogP contribution in [0.2, 0.25) is 0 Å². The van der Waals surface area contributed by atoms with Crippen molar-refractivity contribution in [1.29, 1.82) is 0 Å². The summed E-state index contributed by atoms with van der Waals surface area (Å²) in [5.74, 6) is 0.652. The predicted octanol–water partition coefficient (Wildman–Crippen LogP) is 5.94. The number of rotatable bonds is 8. The first-order valence-electron chi connectivity index (χ1n) is 11.7. The molecule has 1 aromatic heterocycles. The number of aryl methyl sites for hydroxylation is 2. The van der Waals surface area contributed by atoms with Crippen molar-refractivity contribution in [3.63, 3.8) is 0 Å². The van der Waals surface area contributed by atoms with Gasteiger partial charge in [0.1, 0.15) is 5.76 Å². The Bertz CT molecular complexity index is 1290. The Morgan fingerprint density at radius 3 is 2.29 bits per heavy atom. The van der Waals surface area contributed by atoms with Gasteiger partial charge in [0.15, 0.2) is 0 Å². The Morgan fingerprint density at radius 2 is 1.57 bits per heavy atom. The van der Waals surface area contributed by atoms with E-state index in [9.17, 15) is 9.59 Å². The fourth-order valence-electron chi connectivity index (χ4n) is 3.98. The molecule has 0 aliphatic carbocycles. The van der Waals surface area contributed by atoms with Crippen molar-refractivity contribution in [3.05, 3.63) is 125 Å². The molecule has 0 bridgehead atoms. The second kappa shape index (κ2) is 10.9. The van der Waals surface area contributed by atoms with Crippen molar-refractivity contribution in [2.45, 2.75) is 33.4 Å². The normalized spacial score (nSPS) is 10.7. The summed E-state index contributed by atoms with van der Waals surface area (Å²) in [6.07, 6.45) is 1.84. The van der Waals surface area contributed by atoms with Crippen LogP contribution in [0.3, 0.4) is 0 Å². The Morgan fingerprint density at radius 1 is 0.800 bits per heavy atom. The van der Waals surface area contributed by atoms with Gasteiger partial charge >= 0.3 is 0 Å². The molecular weight excluding hydrogens is 436 g/mol. The van der Waals surface area contributed by atoms with Gasteiger partial charge in [-0.1, -0.05) is 60.2 Å². The number of amides is 2. The minimum absolute atomic E-state index is 0.0196. The lowest BCUT2D eigenvalue weighted by Gasteiger charge is -2.25. The molecule has 2 amide bonds. The number of benzene rings is 3. The zero-order valence-electron chi connectivity index (χ0n) is 20.4. The molecule has 0 unspecified atom stereocenters. The molecule has 4 rings (SSSR count). The van der Waals surface area contributed by atoms with Crippen LogP contribution in [0.15, 0.2) is 95.6 Å². The maximum atomic E-state index is 13.7. The summed E-state index contributed by atoms with van der Waals surface area (Å²) < 4.78 is 5.36. The summed E-state index contributed by atoms with van der Waals surface area (Å²) in [4.78, 5) is 30.0. The van der Waals surface area contributed by atoms with E-state index in [1.165, 1.54) is 5.56 Å². The van der Waals surface area contributed by atoms with Gasteiger partial charge in [-0.2, -0.15) is 0 Å². The van der Waals surface area contributed by atoms with Crippen molar-refractivity contribution in [1.82, 2.24) is 4.90 Å². The largest absolute Gasteiger partial charge is 0.467 e. The predicted molar refractivity (Wildman–Crippen MR) is 138 cm³/mol. The van der Waals surface area contributed by atoms with Gasteiger partial charge in [0.05, 0.1) is 25.8 Å². The van der Waals surface area contributed by atoms with Gasteiger partial charge in [0, 0.05) is 18.3 Å². The lowest BCUT2D eigenvalue weighted by molar-refractivity contribution is -0.129. The zero-order chi connectivity index (χ0) is 24.8. The smallest absolute Gasteiger partial charge is 0.258 e. The van der Waals surface area contributed by atoms with E-state index in [0.29, 0.717) is 18.7 Å². The van der Waals surface area contributed by atoms with E-state index >= 15 is 0 Å². The SMILES string of the molecule is Cc1ccc(CN(C(=O)c2ccccc2C)c2cccc(CC(=O)N(C)Cc3ccco3)c2)cc1. The van der Waals surface area contributed by atoms with Crippen LogP contribution in [0.5, 0.6) is 0 Å². The standard InChI is InChI=1S/C30H30N2O3/c1-22-13-15-24(16-14-22)20-32(30(34)28-12-5-4-8-23(28)2)26-10-6-9-25(18-26)19-29(33)31(3)21-27-11-7-17-35-27/h4-18H,19-21H2,1-3H3. The van der Waals surface area contributed by atoms with Crippen molar-refractivity contribution in [2.75, 3.05) is 11.9 Å². The molecule has 5 nitrogen and oxygen atoms in total. The zero-order valence-corrected chi connectivity index (χ0v) is 20.4. The molecule has 0 N–H and O–H groups in total. The number of likely N-dealkylation sites (N-methyl/N-ethyl adjacent to an activating group) is 1. The molecule has 0 saturated heterocycles.